The van der Waals surface area contributed by atoms with Crippen LogP contribution in [0.25, 0.3) is 5.69 Å². The number of aliphatic hydroxyl groups is 1. The summed E-state index contributed by atoms with van der Waals surface area (Å²) in [7, 11) is 0. The molecule has 0 radical (unpaired) electrons. The standard InChI is InChI=1S/C20H25N3O2/c1-2-14-6-8-16(9-7-14)23-18-5-3-4-17(18)19(21-23)20(25)22(12-13-24)15-10-11-15/h6-9,15,24H,2-5,10-13H2,1H3. The van der Waals surface area contributed by atoms with Crippen LogP contribution in [0.1, 0.15) is 53.5 Å². The number of fused-ring (bicyclic) bond motifs is 1. The second-order valence-electron chi connectivity index (χ2n) is 7.01. The molecular weight excluding hydrogens is 314 g/mol. The normalized spacial score (nSPS) is 16.1. The number of aryl methyl sites for hydroxylation is 1. The van der Waals surface area contributed by atoms with Gasteiger partial charge in [-0.1, -0.05) is 19.1 Å². The zero-order valence-corrected chi connectivity index (χ0v) is 14.7. The monoisotopic (exact) mass is 339 g/mol. The van der Waals surface area contributed by atoms with Crippen molar-refractivity contribution in [1.82, 2.24) is 14.7 Å². The highest BCUT2D eigenvalue weighted by Gasteiger charge is 2.36. The Morgan fingerprint density at radius 2 is 2.04 bits per heavy atom. The molecule has 1 N–H and O–H groups in total. The molecule has 1 heterocycles. The van der Waals surface area contributed by atoms with Crippen molar-refractivity contribution in [2.45, 2.75) is 51.5 Å². The molecule has 2 aromatic rings. The number of aromatic nitrogens is 2. The molecular formula is C20H25N3O2. The van der Waals surface area contributed by atoms with E-state index in [0.717, 1.165) is 49.8 Å². The lowest BCUT2D eigenvalue weighted by atomic mass is 10.1. The summed E-state index contributed by atoms with van der Waals surface area (Å²) in [4.78, 5) is 14.9. The van der Waals surface area contributed by atoms with Gasteiger partial charge in [0.15, 0.2) is 5.69 Å². The Labute approximate surface area is 148 Å². The van der Waals surface area contributed by atoms with Crippen molar-refractivity contribution in [1.29, 1.82) is 0 Å². The maximum Gasteiger partial charge on any atom is 0.274 e. The number of hydrogen-bond acceptors (Lipinski definition) is 3. The number of benzene rings is 1. The molecule has 1 aromatic carbocycles. The van der Waals surface area contributed by atoms with Gasteiger partial charge in [0, 0.05) is 23.8 Å². The van der Waals surface area contributed by atoms with Crippen LogP contribution in [0.2, 0.25) is 0 Å². The lowest BCUT2D eigenvalue weighted by Gasteiger charge is -2.20. The number of carbonyl (C=O) groups excluding carboxylic acids is 1. The van der Waals surface area contributed by atoms with E-state index in [9.17, 15) is 9.90 Å². The topological polar surface area (TPSA) is 58.4 Å². The van der Waals surface area contributed by atoms with E-state index < -0.39 is 0 Å². The lowest BCUT2D eigenvalue weighted by Crippen LogP contribution is -2.36. The third-order valence-corrected chi connectivity index (χ3v) is 5.31. The van der Waals surface area contributed by atoms with E-state index >= 15 is 0 Å². The highest BCUT2D eigenvalue weighted by molar-refractivity contribution is 5.94. The van der Waals surface area contributed by atoms with E-state index in [-0.39, 0.29) is 18.6 Å². The summed E-state index contributed by atoms with van der Waals surface area (Å²) in [6, 6.07) is 8.71. The summed E-state index contributed by atoms with van der Waals surface area (Å²) in [6.45, 7) is 2.55. The van der Waals surface area contributed by atoms with Crippen LogP contribution in [-0.4, -0.2) is 44.9 Å². The van der Waals surface area contributed by atoms with Gasteiger partial charge in [0.2, 0.25) is 0 Å². The molecule has 5 heteroatoms. The number of carbonyl (C=O) groups is 1. The maximum absolute atomic E-state index is 13.1. The highest BCUT2D eigenvalue weighted by atomic mass is 16.3. The summed E-state index contributed by atoms with van der Waals surface area (Å²) >= 11 is 0. The molecule has 132 valence electrons. The van der Waals surface area contributed by atoms with Crippen molar-refractivity contribution < 1.29 is 9.90 Å². The highest BCUT2D eigenvalue weighted by Crippen LogP contribution is 2.32. The van der Waals surface area contributed by atoms with Crippen molar-refractivity contribution in [3.63, 3.8) is 0 Å². The molecule has 1 amide bonds. The largest absolute Gasteiger partial charge is 0.395 e. The van der Waals surface area contributed by atoms with Crippen molar-refractivity contribution in [2.75, 3.05) is 13.2 Å². The number of rotatable bonds is 6. The summed E-state index contributed by atoms with van der Waals surface area (Å²) in [6.07, 6.45) is 6.04. The second kappa shape index (κ2) is 6.64. The fraction of sp³-hybridized carbons (Fsp3) is 0.500. The molecule has 4 rings (SSSR count). The fourth-order valence-corrected chi connectivity index (χ4v) is 3.78. The van der Waals surface area contributed by atoms with Gasteiger partial charge < -0.3 is 10.0 Å². The molecule has 1 aromatic heterocycles. The number of hydrogen-bond donors (Lipinski definition) is 1. The Balaban J connectivity index is 1.70. The average molecular weight is 339 g/mol. The van der Waals surface area contributed by atoms with E-state index in [2.05, 4.69) is 31.2 Å². The van der Waals surface area contributed by atoms with Gasteiger partial charge in [0.25, 0.3) is 5.91 Å². The minimum absolute atomic E-state index is 0.00359. The van der Waals surface area contributed by atoms with Crippen LogP contribution < -0.4 is 0 Å². The van der Waals surface area contributed by atoms with Crippen LogP contribution in [0.3, 0.4) is 0 Å². The van der Waals surface area contributed by atoms with Crippen LogP contribution in [0.5, 0.6) is 0 Å². The Morgan fingerprint density at radius 3 is 2.68 bits per heavy atom. The Kier molecular flexibility index (Phi) is 4.34. The quantitative estimate of drug-likeness (QED) is 0.880. The fourth-order valence-electron chi connectivity index (χ4n) is 3.78. The molecule has 1 saturated carbocycles. The van der Waals surface area contributed by atoms with Crippen molar-refractivity contribution >= 4 is 5.91 Å². The van der Waals surface area contributed by atoms with Gasteiger partial charge in [-0.05, 0) is 56.2 Å². The SMILES string of the molecule is CCc1ccc(-n2nc(C(=O)N(CCO)C3CC3)c3c2CCC3)cc1. The molecule has 0 bridgehead atoms. The van der Waals surface area contributed by atoms with Crippen molar-refractivity contribution in [3.8, 4) is 5.69 Å². The second-order valence-corrected chi connectivity index (χ2v) is 7.01. The van der Waals surface area contributed by atoms with E-state index in [0.29, 0.717) is 12.2 Å². The number of nitrogens with zero attached hydrogens (tertiary/aromatic N) is 3. The minimum Gasteiger partial charge on any atom is -0.395 e. The van der Waals surface area contributed by atoms with Crippen LogP contribution >= 0.6 is 0 Å². The predicted molar refractivity (Wildman–Crippen MR) is 96.1 cm³/mol. The van der Waals surface area contributed by atoms with E-state index in [1.54, 1.807) is 0 Å². The predicted octanol–water partition coefficient (Wildman–Crippen LogP) is 2.52. The summed E-state index contributed by atoms with van der Waals surface area (Å²) in [5.74, 6) is -0.0152. The van der Waals surface area contributed by atoms with Crippen LogP contribution in [-0.2, 0) is 19.3 Å². The van der Waals surface area contributed by atoms with Gasteiger partial charge in [0.1, 0.15) is 0 Å². The van der Waals surface area contributed by atoms with Gasteiger partial charge in [-0.15, -0.1) is 0 Å². The van der Waals surface area contributed by atoms with E-state index in [1.165, 1.54) is 11.3 Å². The van der Waals surface area contributed by atoms with Gasteiger partial charge in [-0.3, -0.25) is 4.79 Å². The van der Waals surface area contributed by atoms with E-state index in [1.807, 2.05) is 9.58 Å². The molecule has 25 heavy (non-hydrogen) atoms. The molecule has 5 nitrogen and oxygen atoms in total. The first-order chi connectivity index (χ1) is 12.2. The third-order valence-electron chi connectivity index (χ3n) is 5.31. The van der Waals surface area contributed by atoms with Crippen LogP contribution in [0, 0.1) is 0 Å². The third kappa shape index (κ3) is 2.97. The zero-order chi connectivity index (χ0) is 17.4. The first-order valence-corrected chi connectivity index (χ1v) is 9.34. The molecule has 0 spiro atoms. The Morgan fingerprint density at radius 1 is 1.28 bits per heavy atom. The average Bonchev–Trinajstić information content (AvgIpc) is 3.25. The number of amides is 1. The van der Waals surface area contributed by atoms with Gasteiger partial charge in [-0.2, -0.15) is 5.10 Å². The first kappa shape index (κ1) is 16.3. The molecule has 0 saturated heterocycles. The van der Waals surface area contributed by atoms with Crippen LogP contribution in [0.4, 0.5) is 0 Å². The Bertz CT molecular complexity index is 775. The van der Waals surface area contributed by atoms with E-state index in [4.69, 9.17) is 5.10 Å². The summed E-state index contributed by atoms with van der Waals surface area (Å²) in [5, 5.41) is 14.0. The van der Waals surface area contributed by atoms with Crippen molar-refractivity contribution in [3.05, 3.63) is 46.8 Å². The van der Waals surface area contributed by atoms with Crippen LogP contribution in [0.15, 0.2) is 24.3 Å². The summed E-state index contributed by atoms with van der Waals surface area (Å²) in [5.41, 5.74) is 5.19. The van der Waals surface area contributed by atoms with Gasteiger partial charge >= 0.3 is 0 Å². The molecule has 2 aliphatic carbocycles. The molecule has 2 aliphatic rings. The minimum atomic E-state index is -0.0152. The molecule has 0 unspecified atom stereocenters. The van der Waals surface area contributed by atoms with Gasteiger partial charge in [-0.25, -0.2) is 4.68 Å². The smallest absolute Gasteiger partial charge is 0.274 e. The molecule has 0 atom stereocenters. The molecule has 1 fully saturated rings. The molecule has 0 aliphatic heterocycles. The van der Waals surface area contributed by atoms with Crippen molar-refractivity contribution in [2.24, 2.45) is 0 Å². The maximum atomic E-state index is 13.1. The number of aliphatic hydroxyl groups excluding tert-OH is 1. The zero-order valence-electron chi connectivity index (χ0n) is 14.7. The Hall–Kier alpha value is -2.14. The first-order valence-electron chi connectivity index (χ1n) is 9.34. The lowest BCUT2D eigenvalue weighted by molar-refractivity contribution is 0.0700. The van der Waals surface area contributed by atoms with Gasteiger partial charge in [0.05, 0.1) is 12.3 Å². The summed E-state index contributed by atoms with van der Waals surface area (Å²) < 4.78 is 1.96.